The van der Waals surface area contributed by atoms with Crippen molar-refractivity contribution in [2.45, 2.75) is 12.8 Å². The minimum atomic E-state index is 0.00921. The average Bonchev–Trinajstić information content (AvgIpc) is 2.50. The van der Waals surface area contributed by atoms with Crippen LogP contribution in [0.4, 0.5) is 0 Å². The van der Waals surface area contributed by atoms with Gasteiger partial charge in [0.2, 0.25) is 11.8 Å². The smallest absolute Gasteiger partial charge is 0.242 e. The molecule has 2 saturated heterocycles. The fourth-order valence-electron chi connectivity index (χ4n) is 2.02. The molecule has 0 saturated carbocycles. The third kappa shape index (κ3) is 2.12. The van der Waals surface area contributed by atoms with E-state index >= 15 is 0 Å². The summed E-state index contributed by atoms with van der Waals surface area (Å²) in [5.74, 6) is 0.334. The van der Waals surface area contributed by atoms with E-state index in [1.54, 1.807) is 9.80 Å². The minimum Gasteiger partial charge on any atom is -0.396 e. The standard InChI is InChI=1S/C10H16N2O3/c13-7-8-4-12(5-8)10(15)6-11-3-1-2-9(11)14/h8,13H,1-7H2. The van der Waals surface area contributed by atoms with Gasteiger partial charge in [-0.2, -0.15) is 0 Å². The van der Waals surface area contributed by atoms with Gasteiger partial charge in [-0.25, -0.2) is 0 Å². The predicted molar refractivity (Wildman–Crippen MR) is 53.0 cm³/mol. The molecule has 15 heavy (non-hydrogen) atoms. The fraction of sp³-hybridized carbons (Fsp3) is 0.800. The van der Waals surface area contributed by atoms with Gasteiger partial charge in [0.1, 0.15) is 0 Å². The van der Waals surface area contributed by atoms with Crippen molar-refractivity contribution >= 4 is 11.8 Å². The highest BCUT2D eigenvalue weighted by molar-refractivity contribution is 5.86. The molecule has 2 amide bonds. The Labute approximate surface area is 88.6 Å². The lowest BCUT2D eigenvalue weighted by atomic mass is 10.0. The summed E-state index contributed by atoms with van der Waals surface area (Å²) in [5, 5.41) is 8.81. The topological polar surface area (TPSA) is 60.9 Å². The molecule has 5 heteroatoms. The van der Waals surface area contributed by atoms with Crippen LogP contribution >= 0.6 is 0 Å². The Morgan fingerprint density at radius 1 is 1.47 bits per heavy atom. The van der Waals surface area contributed by atoms with Gasteiger partial charge >= 0.3 is 0 Å². The number of aliphatic hydroxyl groups is 1. The Hall–Kier alpha value is -1.10. The highest BCUT2D eigenvalue weighted by Crippen LogP contribution is 2.16. The normalized spacial score (nSPS) is 22.1. The maximum absolute atomic E-state index is 11.6. The summed E-state index contributed by atoms with van der Waals surface area (Å²) < 4.78 is 0. The molecule has 0 aromatic heterocycles. The third-order valence-electron chi connectivity index (χ3n) is 3.07. The van der Waals surface area contributed by atoms with E-state index in [-0.39, 0.29) is 30.9 Å². The van der Waals surface area contributed by atoms with E-state index in [0.717, 1.165) is 6.42 Å². The van der Waals surface area contributed by atoms with E-state index in [0.29, 0.717) is 26.1 Å². The van der Waals surface area contributed by atoms with Crippen molar-refractivity contribution in [2.24, 2.45) is 5.92 Å². The van der Waals surface area contributed by atoms with E-state index in [9.17, 15) is 9.59 Å². The number of carbonyl (C=O) groups excluding carboxylic acids is 2. The summed E-state index contributed by atoms with van der Waals surface area (Å²) in [6, 6.07) is 0. The quantitative estimate of drug-likeness (QED) is 0.657. The number of nitrogens with zero attached hydrogens (tertiary/aromatic N) is 2. The number of aliphatic hydroxyl groups excluding tert-OH is 1. The van der Waals surface area contributed by atoms with Gasteiger partial charge in [-0.3, -0.25) is 9.59 Å². The molecule has 0 aromatic rings. The van der Waals surface area contributed by atoms with E-state index < -0.39 is 0 Å². The zero-order chi connectivity index (χ0) is 10.8. The zero-order valence-corrected chi connectivity index (χ0v) is 8.69. The van der Waals surface area contributed by atoms with Crippen molar-refractivity contribution < 1.29 is 14.7 Å². The van der Waals surface area contributed by atoms with Crippen LogP contribution in [0.1, 0.15) is 12.8 Å². The van der Waals surface area contributed by atoms with Crippen LogP contribution in [0.3, 0.4) is 0 Å². The van der Waals surface area contributed by atoms with E-state index in [2.05, 4.69) is 0 Å². The van der Waals surface area contributed by atoms with Gasteiger partial charge in [0.25, 0.3) is 0 Å². The second-order valence-corrected chi connectivity index (χ2v) is 4.27. The fourth-order valence-corrected chi connectivity index (χ4v) is 2.02. The predicted octanol–water partition coefficient (Wildman–Crippen LogP) is -0.940. The largest absolute Gasteiger partial charge is 0.396 e. The minimum absolute atomic E-state index is 0.00921. The van der Waals surface area contributed by atoms with Crippen LogP contribution in [0.5, 0.6) is 0 Å². The molecule has 0 aromatic carbocycles. The monoisotopic (exact) mass is 212 g/mol. The molecule has 84 valence electrons. The summed E-state index contributed by atoms with van der Waals surface area (Å²) >= 11 is 0. The summed E-state index contributed by atoms with van der Waals surface area (Å²) in [6.07, 6.45) is 1.44. The first-order valence-electron chi connectivity index (χ1n) is 5.37. The SMILES string of the molecule is O=C1CCCN1CC(=O)N1CC(CO)C1. The lowest BCUT2D eigenvalue weighted by Gasteiger charge is -2.39. The van der Waals surface area contributed by atoms with Crippen molar-refractivity contribution in [3.05, 3.63) is 0 Å². The molecule has 5 nitrogen and oxygen atoms in total. The Bertz CT molecular complexity index is 274. The van der Waals surface area contributed by atoms with Crippen LogP contribution in [-0.4, -0.2) is 59.5 Å². The second kappa shape index (κ2) is 4.18. The molecule has 2 heterocycles. The highest BCUT2D eigenvalue weighted by Gasteiger charge is 2.32. The molecule has 2 aliphatic rings. The van der Waals surface area contributed by atoms with Gasteiger partial charge in [0.05, 0.1) is 6.54 Å². The first-order chi connectivity index (χ1) is 7.20. The van der Waals surface area contributed by atoms with Gasteiger partial charge < -0.3 is 14.9 Å². The van der Waals surface area contributed by atoms with Crippen LogP contribution < -0.4 is 0 Å². The van der Waals surface area contributed by atoms with Crippen LogP contribution in [0.25, 0.3) is 0 Å². The molecule has 0 aliphatic carbocycles. The number of carbonyl (C=O) groups is 2. The molecule has 0 radical (unpaired) electrons. The summed E-state index contributed by atoms with van der Waals surface area (Å²) in [5.41, 5.74) is 0. The van der Waals surface area contributed by atoms with Crippen LogP contribution in [0, 0.1) is 5.92 Å². The lowest BCUT2D eigenvalue weighted by Crippen LogP contribution is -2.54. The maximum atomic E-state index is 11.6. The Kier molecular flexibility index (Phi) is 2.90. The molecule has 0 spiro atoms. The van der Waals surface area contributed by atoms with Crippen molar-refractivity contribution in [3.63, 3.8) is 0 Å². The molecule has 0 unspecified atom stereocenters. The molecule has 2 aliphatic heterocycles. The number of likely N-dealkylation sites (tertiary alicyclic amines) is 2. The summed E-state index contributed by atoms with van der Waals surface area (Å²) in [7, 11) is 0. The van der Waals surface area contributed by atoms with Crippen molar-refractivity contribution in [1.82, 2.24) is 9.80 Å². The van der Waals surface area contributed by atoms with Crippen molar-refractivity contribution in [3.8, 4) is 0 Å². The number of hydrogen-bond acceptors (Lipinski definition) is 3. The molecule has 0 bridgehead atoms. The van der Waals surface area contributed by atoms with Gasteiger partial charge in [-0.1, -0.05) is 0 Å². The zero-order valence-electron chi connectivity index (χ0n) is 8.69. The van der Waals surface area contributed by atoms with E-state index in [1.165, 1.54) is 0 Å². The Morgan fingerprint density at radius 3 is 2.73 bits per heavy atom. The second-order valence-electron chi connectivity index (χ2n) is 4.27. The maximum Gasteiger partial charge on any atom is 0.242 e. The molecular formula is C10H16N2O3. The van der Waals surface area contributed by atoms with Gasteiger partial charge in [-0.15, -0.1) is 0 Å². The van der Waals surface area contributed by atoms with Crippen LogP contribution in [0.15, 0.2) is 0 Å². The molecular weight excluding hydrogens is 196 g/mol. The average molecular weight is 212 g/mol. The van der Waals surface area contributed by atoms with Crippen LogP contribution in [-0.2, 0) is 9.59 Å². The molecule has 0 atom stereocenters. The Balaban J connectivity index is 1.76. The van der Waals surface area contributed by atoms with Crippen molar-refractivity contribution in [2.75, 3.05) is 32.8 Å². The van der Waals surface area contributed by atoms with Gasteiger partial charge in [-0.05, 0) is 6.42 Å². The van der Waals surface area contributed by atoms with Gasteiger partial charge in [0, 0.05) is 38.6 Å². The Morgan fingerprint density at radius 2 is 2.20 bits per heavy atom. The highest BCUT2D eigenvalue weighted by atomic mass is 16.3. The third-order valence-corrected chi connectivity index (χ3v) is 3.07. The van der Waals surface area contributed by atoms with Crippen molar-refractivity contribution in [1.29, 1.82) is 0 Å². The number of amides is 2. The lowest BCUT2D eigenvalue weighted by molar-refractivity contribution is -0.143. The number of hydrogen-bond donors (Lipinski definition) is 1. The first-order valence-corrected chi connectivity index (χ1v) is 5.37. The molecule has 2 rings (SSSR count). The van der Waals surface area contributed by atoms with E-state index in [1.807, 2.05) is 0 Å². The van der Waals surface area contributed by atoms with Crippen LogP contribution in [0.2, 0.25) is 0 Å². The summed E-state index contributed by atoms with van der Waals surface area (Å²) in [6.45, 7) is 2.35. The molecule has 1 N–H and O–H groups in total. The first kappa shape index (κ1) is 10.4. The molecule has 2 fully saturated rings. The summed E-state index contributed by atoms with van der Waals surface area (Å²) in [4.78, 5) is 26.2. The van der Waals surface area contributed by atoms with Gasteiger partial charge in [0.15, 0.2) is 0 Å². The number of rotatable bonds is 3. The van der Waals surface area contributed by atoms with E-state index in [4.69, 9.17) is 5.11 Å².